The summed E-state index contributed by atoms with van der Waals surface area (Å²) in [5.74, 6) is 0.261. The first-order chi connectivity index (χ1) is 13.2. The molecule has 1 N–H and O–H groups in total. The number of aryl methyl sites for hydroxylation is 1. The molecule has 2 aromatic rings. The monoisotopic (exact) mass is 407 g/mol. The predicted octanol–water partition coefficient (Wildman–Crippen LogP) is 4.21. The summed E-state index contributed by atoms with van der Waals surface area (Å²) in [5, 5.41) is 3.25. The minimum Gasteiger partial charge on any atom is -0.493 e. The maximum Gasteiger partial charge on any atom is 0.341 e. The number of esters is 1. The van der Waals surface area contributed by atoms with Gasteiger partial charge < -0.3 is 24.3 Å². The second-order valence-corrected chi connectivity index (χ2v) is 7.53. The normalized spacial score (nSPS) is 10.6. The first kappa shape index (κ1) is 21.6. The van der Waals surface area contributed by atoms with E-state index in [1.165, 1.54) is 32.7 Å². The Balaban J connectivity index is 2.41. The van der Waals surface area contributed by atoms with E-state index in [0.717, 1.165) is 10.4 Å². The number of nitrogens with one attached hydrogen (secondary N) is 1. The zero-order valence-electron chi connectivity index (χ0n) is 17.1. The molecule has 28 heavy (non-hydrogen) atoms. The van der Waals surface area contributed by atoms with Gasteiger partial charge in [0.1, 0.15) is 5.00 Å². The van der Waals surface area contributed by atoms with Gasteiger partial charge in [-0.1, -0.05) is 0 Å². The largest absolute Gasteiger partial charge is 0.493 e. The third-order valence-electron chi connectivity index (χ3n) is 4.09. The van der Waals surface area contributed by atoms with Gasteiger partial charge in [-0.25, -0.2) is 4.79 Å². The van der Waals surface area contributed by atoms with Crippen LogP contribution in [-0.2, 0) is 4.74 Å². The Morgan fingerprint density at radius 1 is 1.00 bits per heavy atom. The first-order valence-electron chi connectivity index (χ1n) is 8.65. The molecule has 0 saturated carbocycles. The topological polar surface area (TPSA) is 83.1 Å². The van der Waals surface area contributed by atoms with Gasteiger partial charge >= 0.3 is 5.97 Å². The zero-order chi connectivity index (χ0) is 21.0. The number of methoxy groups -OCH3 is 3. The summed E-state index contributed by atoms with van der Waals surface area (Å²) in [6.45, 7) is 7.28. The van der Waals surface area contributed by atoms with E-state index in [9.17, 15) is 9.59 Å². The molecule has 2 rings (SSSR count). The van der Waals surface area contributed by atoms with Crippen molar-refractivity contribution >= 4 is 28.2 Å². The highest BCUT2D eigenvalue weighted by Gasteiger charge is 2.24. The highest BCUT2D eigenvalue weighted by Crippen LogP contribution is 2.39. The van der Waals surface area contributed by atoms with Crippen LogP contribution in [0.3, 0.4) is 0 Å². The van der Waals surface area contributed by atoms with Gasteiger partial charge in [0.25, 0.3) is 5.91 Å². The van der Waals surface area contributed by atoms with Gasteiger partial charge in [-0.3, -0.25) is 4.79 Å². The van der Waals surface area contributed by atoms with Gasteiger partial charge in [-0.15, -0.1) is 11.3 Å². The van der Waals surface area contributed by atoms with Crippen molar-refractivity contribution in [2.45, 2.75) is 33.8 Å². The number of hydrogen-bond acceptors (Lipinski definition) is 7. The Labute approximate surface area is 168 Å². The Bertz CT molecular complexity index is 862. The number of anilines is 1. The molecule has 0 fully saturated rings. The molecule has 0 aliphatic heterocycles. The SMILES string of the molecule is COc1cc(C(=O)Nc2sc(C)c(C)c2C(=O)OC(C)C)cc(OC)c1OC. The van der Waals surface area contributed by atoms with E-state index in [-0.39, 0.29) is 6.10 Å². The van der Waals surface area contributed by atoms with Gasteiger partial charge in [0, 0.05) is 10.4 Å². The van der Waals surface area contributed by atoms with E-state index in [4.69, 9.17) is 18.9 Å². The van der Waals surface area contributed by atoms with E-state index in [1.807, 2.05) is 13.8 Å². The molecular formula is C20H25NO6S. The molecule has 0 spiro atoms. The molecule has 7 nitrogen and oxygen atoms in total. The standard InChI is InChI=1S/C20H25NO6S/c1-10(2)27-20(23)16-11(3)12(4)28-19(16)21-18(22)13-8-14(24-5)17(26-7)15(9-13)25-6/h8-10H,1-7H3,(H,21,22). The average molecular weight is 407 g/mol. The number of carbonyl (C=O) groups is 2. The summed E-state index contributed by atoms with van der Waals surface area (Å²) < 4.78 is 21.2. The van der Waals surface area contributed by atoms with Gasteiger partial charge in [0.2, 0.25) is 5.75 Å². The maximum atomic E-state index is 12.9. The number of hydrogen-bond donors (Lipinski definition) is 1. The van der Waals surface area contributed by atoms with E-state index in [0.29, 0.717) is 33.4 Å². The molecule has 0 aliphatic rings. The lowest BCUT2D eigenvalue weighted by molar-refractivity contribution is 0.0379. The molecule has 1 amide bonds. The molecule has 8 heteroatoms. The van der Waals surface area contributed by atoms with Crippen molar-refractivity contribution < 1.29 is 28.5 Å². The molecular weight excluding hydrogens is 382 g/mol. The lowest BCUT2D eigenvalue weighted by Crippen LogP contribution is -2.17. The van der Waals surface area contributed by atoms with Gasteiger partial charge in [0.15, 0.2) is 11.5 Å². The van der Waals surface area contributed by atoms with Crippen molar-refractivity contribution in [3.05, 3.63) is 33.7 Å². The third-order valence-corrected chi connectivity index (χ3v) is 5.21. The van der Waals surface area contributed by atoms with Crippen LogP contribution in [0.1, 0.15) is 45.0 Å². The summed E-state index contributed by atoms with van der Waals surface area (Å²) in [6.07, 6.45) is -0.259. The second kappa shape index (κ2) is 8.97. The van der Waals surface area contributed by atoms with Gasteiger partial charge in [0.05, 0.1) is 33.0 Å². The Kier molecular flexibility index (Phi) is 6.90. The molecule has 0 aliphatic carbocycles. The summed E-state index contributed by atoms with van der Waals surface area (Å²) in [6, 6.07) is 3.10. The quantitative estimate of drug-likeness (QED) is 0.693. The number of benzene rings is 1. The van der Waals surface area contributed by atoms with Crippen LogP contribution in [0.15, 0.2) is 12.1 Å². The van der Waals surface area contributed by atoms with Crippen molar-refractivity contribution in [3.63, 3.8) is 0 Å². The fourth-order valence-electron chi connectivity index (χ4n) is 2.62. The van der Waals surface area contributed by atoms with Crippen LogP contribution in [0.4, 0.5) is 5.00 Å². The summed E-state index contributed by atoms with van der Waals surface area (Å²) >= 11 is 1.33. The van der Waals surface area contributed by atoms with Crippen LogP contribution in [0.2, 0.25) is 0 Å². The van der Waals surface area contributed by atoms with E-state index >= 15 is 0 Å². The minimum atomic E-state index is -0.461. The van der Waals surface area contributed by atoms with Crippen molar-refractivity contribution in [1.29, 1.82) is 0 Å². The number of thiophene rings is 1. The lowest BCUT2D eigenvalue weighted by atomic mass is 10.1. The fourth-order valence-corrected chi connectivity index (χ4v) is 3.66. The van der Waals surface area contributed by atoms with Gasteiger partial charge in [-0.2, -0.15) is 0 Å². The highest BCUT2D eigenvalue weighted by atomic mass is 32.1. The van der Waals surface area contributed by atoms with Crippen molar-refractivity contribution in [2.24, 2.45) is 0 Å². The number of rotatable bonds is 7. The van der Waals surface area contributed by atoms with Crippen LogP contribution in [0, 0.1) is 13.8 Å². The molecule has 1 aromatic carbocycles. The second-order valence-electron chi connectivity index (χ2n) is 6.31. The number of carbonyl (C=O) groups excluding carboxylic acids is 2. The van der Waals surface area contributed by atoms with E-state index < -0.39 is 11.9 Å². The number of amides is 1. The highest BCUT2D eigenvalue weighted by molar-refractivity contribution is 7.16. The summed E-state index contributed by atoms with van der Waals surface area (Å²) in [5.41, 5.74) is 1.47. The lowest BCUT2D eigenvalue weighted by Gasteiger charge is -2.14. The molecule has 0 saturated heterocycles. The molecule has 0 atom stereocenters. The summed E-state index contributed by atoms with van der Waals surface area (Å²) in [7, 11) is 4.44. The minimum absolute atomic E-state index is 0.259. The smallest absolute Gasteiger partial charge is 0.341 e. The molecule has 1 heterocycles. The molecule has 0 unspecified atom stereocenters. The molecule has 152 valence electrons. The first-order valence-corrected chi connectivity index (χ1v) is 9.47. The van der Waals surface area contributed by atoms with Crippen LogP contribution in [-0.4, -0.2) is 39.3 Å². The summed E-state index contributed by atoms with van der Waals surface area (Å²) in [4.78, 5) is 26.3. The van der Waals surface area contributed by atoms with E-state index in [2.05, 4.69) is 5.32 Å². The Morgan fingerprint density at radius 2 is 1.57 bits per heavy atom. The average Bonchev–Trinajstić information content (AvgIpc) is 2.93. The van der Waals surface area contributed by atoms with Crippen LogP contribution in [0.25, 0.3) is 0 Å². The Morgan fingerprint density at radius 3 is 2.04 bits per heavy atom. The predicted molar refractivity (Wildman–Crippen MR) is 108 cm³/mol. The van der Waals surface area contributed by atoms with Crippen molar-refractivity contribution in [1.82, 2.24) is 0 Å². The third kappa shape index (κ3) is 4.39. The fraction of sp³-hybridized carbons (Fsp3) is 0.400. The Hall–Kier alpha value is -2.74. The molecule has 1 aromatic heterocycles. The maximum absolute atomic E-state index is 12.9. The van der Waals surface area contributed by atoms with Crippen molar-refractivity contribution in [2.75, 3.05) is 26.6 Å². The van der Waals surface area contributed by atoms with Crippen LogP contribution < -0.4 is 19.5 Å². The molecule has 0 radical (unpaired) electrons. The van der Waals surface area contributed by atoms with Crippen molar-refractivity contribution in [3.8, 4) is 17.2 Å². The van der Waals surface area contributed by atoms with E-state index in [1.54, 1.807) is 26.0 Å². The number of ether oxygens (including phenoxy) is 4. The van der Waals surface area contributed by atoms with Crippen LogP contribution in [0.5, 0.6) is 17.2 Å². The zero-order valence-corrected chi connectivity index (χ0v) is 17.9. The molecule has 0 bridgehead atoms. The van der Waals surface area contributed by atoms with Crippen LogP contribution >= 0.6 is 11.3 Å². The van der Waals surface area contributed by atoms with Gasteiger partial charge in [-0.05, 0) is 45.4 Å².